The Morgan fingerprint density at radius 2 is 1.69 bits per heavy atom. The van der Waals surface area contributed by atoms with Gasteiger partial charge in [-0.05, 0) is 61.9 Å². The normalized spacial score (nSPS) is 30.5. The quantitative estimate of drug-likeness (QED) is 0.747. The highest BCUT2D eigenvalue weighted by molar-refractivity contribution is 6.25. The smallest absolute Gasteiger partial charge is 0.250 e. The van der Waals surface area contributed by atoms with Crippen LogP contribution in [0.3, 0.4) is 0 Å². The Morgan fingerprint density at radius 3 is 2.41 bits per heavy atom. The van der Waals surface area contributed by atoms with Crippen molar-refractivity contribution < 1.29 is 23.9 Å². The van der Waals surface area contributed by atoms with Gasteiger partial charge in [0.2, 0.25) is 17.7 Å². The molecule has 0 radical (unpaired) electrons. The average Bonchev–Trinajstić information content (AvgIpc) is 3.52. The van der Waals surface area contributed by atoms with Crippen LogP contribution in [0.25, 0.3) is 0 Å². The maximum Gasteiger partial charge on any atom is 0.250 e. The van der Waals surface area contributed by atoms with Gasteiger partial charge in [-0.1, -0.05) is 0 Å². The predicted octanol–water partition coefficient (Wildman–Crippen LogP) is 2.13. The Hall–Kier alpha value is -3.39. The molecule has 0 aliphatic carbocycles. The second kappa shape index (κ2) is 6.56. The average molecular weight is 433 g/mol. The third kappa shape index (κ3) is 2.17. The van der Waals surface area contributed by atoms with Crippen molar-refractivity contribution >= 4 is 29.1 Å². The van der Waals surface area contributed by atoms with Crippen molar-refractivity contribution in [2.75, 3.05) is 31.0 Å². The van der Waals surface area contributed by atoms with Gasteiger partial charge in [0.1, 0.15) is 17.0 Å². The summed E-state index contributed by atoms with van der Waals surface area (Å²) in [6, 6.07) is 12.1. The van der Waals surface area contributed by atoms with Gasteiger partial charge in [-0.15, -0.1) is 0 Å². The topological polar surface area (TPSA) is 88.2 Å². The van der Waals surface area contributed by atoms with Gasteiger partial charge < -0.3 is 14.8 Å². The maximum atomic E-state index is 13.9. The van der Waals surface area contributed by atoms with Gasteiger partial charge in [-0.3, -0.25) is 19.3 Å². The van der Waals surface area contributed by atoms with E-state index in [0.29, 0.717) is 29.4 Å². The van der Waals surface area contributed by atoms with E-state index in [0.717, 1.165) is 18.4 Å². The number of hydrogen-bond donors (Lipinski definition) is 1. The summed E-state index contributed by atoms with van der Waals surface area (Å²) in [7, 11) is 3.14. The van der Waals surface area contributed by atoms with Gasteiger partial charge in [0, 0.05) is 17.3 Å². The van der Waals surface area contributed by atoms with Crippen molar-refractivity contribution in [1.82, 2.24) is 4.90 Å². The predicted molar refractivity (Wildman–Crippen MR) is 115 cm³/mol. The first-order valence-electron chi connectivity index (χ1n) is 10.8. The number of anilines is 2. The number of carbonyl (C=O) groups is 3. The van der Waals surface area contributed by atoms with Crippen LogP contribution in [0, 0.1) is 11.8 Å². The molecule has 32 heavy (non-hydrogen) atoms. The lowest BCUT2D eigenvalue weighted by Gasteiger charge is -2.36. The zero-order chi connectivity index (χ0) is 22.2. The summed E-state index contributed by atoms with van der Waals surface area (Å²) < 4.78 is 10.6. The first-order chi connectivity index (χ1) is 15.5. The van der Waals surface area contributed by atoms with Crippen LogP contribution < -0.4 is 19.7 Å². The molecule has 4 unspecified atom stereocenters. The highest BCUT2D eigenvalue weighted by Gasteiger charge is 2.74. The highest BCUT2D eigenvalue weighted by atomic mass is 16.5. The number of benzene rings is 2. The molecule has 4 aliphatic heterocycles. The Bertz CT molecular complexity index is 1160. The summed E-state index contributed by atoms with van der Waals surface area (Å²) >= 11 is 0. The summed E-state index contributed by atoms with van der Waals surface area (Å²) in [5.41, 5.74) is 0.687. The largest absolute Gasteiger partial charge is 0.497 e. The van der Waals surface area contributed by atoms with Crippen molar-refractivity contribution in [3.05, 3.63) is 48.0 Å². The molecule has 0 bridgehead atoms. The SMILES string of the molecule is COc1ccc(N2C(=O)C3C4CCCN4C4(C(=O)Nc5ccc(OC)cc54)C3C2=O)cc1. The molecule has 164 valence electrons. The summed E-state index contributed by atoms with van der Waals surface area (Å²) in [5.74, 6) is -0.887. The fraction of sp³-hybridized carbons (Fsp3) is 0.375. The second-order valence-electron chi connectivity index (χ2n) is 8.75. The Labute approximate surface area is 185 Å². The van der Waals surface area contributed by atoms with Crippen LogP contribution >= 0.6 is 0 Å². The third-order valence-corrected chi connectivity index (χ3v) is 7.53. The molecule has 4 aliphatic rings. The lowest BCUT2D eigenvalue weighted by molar-refractivity contribution is -0.135. The molecule has 2 aromatic rings. The first-order valence-corrected chi connectivity index (χ1v) is 10.8. The Kier molecular flexibility index (Phi) is 3.96. The van der Waals surface area contributed by atoms with E-state index in [1.807, 2.05) is 12.1 Å². The first kappa shape index (κ1) is 19.3. The number of imide groups is 1. The van der Waals surface area contributed by atoms with Gasteiger partial charge in [0.15, 0.2) is 0 Å². The number of hydrogen-bond acceptors (Lipinski definition) is 6. The molecule has 8 nitrogen and oxygen atoms in total. The van der Waals surface area contributed by atoms with Crippen LogP contribution in [0.1, 0.15) is 18.4 Å². The van der Waals surface area contributed by atoms with Gasteiger partial charge in [-0.25, -0.2) is 4.90 Å². The number of methoxy groups -OCH3 is 2. The van der Waals surface area contributed by atoms with E-state index in [2.05, 4.69) is 10.2 Å². The van der Waals surface area contributed by atoms with E-state index in [9.17, 15) is 14.4 Å². The number of nitrogens with one attached hydrogen (secondary N) is 1. The minimum absolute atomic E-state index is 0.150. The van der Waals surface area contributed by atoms with Gasteiger partial charge in [-0.2, -0.15) is 0 Å². The lowest BCUT2D eigenvalue weighted by atomic mass is 9.75. The zero-order valence-electron chi connectivity index (χ0n) is 17.8. The van der Waals surface area contributed by atoms with Crippen molar-refractivity contribution in [3.8, 4) is 11.5 Å². The maximum absolute atomic E-state index is 13.9. The molecule has 2 aromatic carbocycles. The molecule has 3 fully saturated rings. The molecule has 4 heterocycles. The number of fused-ring (bicyclic) bond motifs is 7. The second-order valence-corrected chi connectivity index (χ2v) is 8.75. The van der Waals surface area contributed by atoms with Crippen molar-refractivity contribution in [2.45, 2.75) is 24.4 Å². The van der Waals surface area contributed by atoms with E-state index in [1.165, 1.54) is 4.90 Å². The van der Waals surface area contributed by atoms with E-state index < -0.39 is 17.4 Å². The molecule has 3 amide bonds. The van der Waals surface area contributed by atoms with E-state index in [1.54, 1.807) is 44.6 Å². The summed E-state index contributed by atoms with van der Waals surface area (Å²) in [5, 5.41) is 2.98. The number of amides is 3. The summed E-state index contributed by atoms with van der Waals surface area (Å²) in [6.07, 6.45) is 1.66. The number of rotatable bonds is 3. The van der Waals surface area contributed by atoms with Crippen molar-refractivity contribution in [1.29, 1.82) is 0 Å². The fourth-order valence-electron chi connectivity index (χ4n) is 6.29. The molecule has 0 saturated carbocycles. The molecule has 1 N–H and O–H groups in total. The van der Waals surface area contributed by atoms with Gasteiger partial charge in [0.25, 0.3) is 0 Å². The van der Waals surface area contributed by atoms with Crippen LogP contribution in [0.15, 0.2) is 42.5 Å². The standard InChI is InChI=1S/C24H23N3O5/c1-31-14-7-5-13(6-8-14)27-21(28)19-18-4-3-11-26(18)24(20(19)22(27)29)16-12-15(32-2)9-10-17(16)25-23(24)30/h5-10,12,18-20H,3-4,11H2,1-2H3,(H,25,30). The highest BCUT2D eigenvalue weighted by Crippen LogP contribution is 2.61. The molecule has 6 rings (SSSR count). The molecular weight excluding hydrogens is 410 g/mol. The van der Waals surface area contributed by atoms with Crippen LogP contribution in [-0.2, 0) is 19.9 Å². The van der Waals surface area contributed by atoms with Crippen LogP contribution in [-0.4, -0.2) is 49.4 Å². The number of nitrogens with zero attached hydrogens (tertiary/aromatic N) is 2. The summed E-state index contributed by atoms with van der Waals surface area (Å²) in [4.78, 5) is 44.5. The fourth-order valence-corrected chi connectivity index (χ4v) is 6.29. The van der Waals surface area contributed by atoms with Gasteiger partial charge in [0.05, 0.1) is 31.7 Å². The molecule has 1 spiro atoms. The minimum Gasteiger partial charge on any atom is -0.497 e. The minimum atomic E-state index is -1.20. The van der Waals surface area contributed by atoms with Crippen LogP contribution in [0.2, 0.25) is 0 Å². The summed E-state index contributed by atoms with van der Waals surface area (Å²) in [6.45, 7) is 0.671. The van der Waals surface area contributed by atoms with E-state index in [-0.39, 0.29) is 23.8 Å². The lowest BCUT2D eigenvalue weighted by Crippen LogP contribution is -2.54. The monoisotopic (exact) mass is 433 g/mol. The molecule has 0 aromatic heterocycles. The molecule has 4 atom stereocenters. The zero-order valence-corrected chi connectivity index (χ0v) is 17.8. The van der Waals surface area contributed by atoms with Crippen LogP contribution in [0.4, 0.5) is 11.4 Å². The Morgan fingerprint density at radius 1 is 0.969 bits per heavy atom. The third-order valence-electron chi connectivity index (χ3n) is 7.53. The molecule has 3 saturated heterocycles. The Balaban J connectivity index is 1.52. The number of ether oxygens (including phenoxy) is 2. The van der Waals surface area contributed by atoms with Crippen molar-refractivity contribution in [3.63, 3.8) is 0 Å². The number of carbonyl (C=O) groups excluding carboxylic acids is 3. The van der Waals surface area contributed by atoms with Crippen LogP contribution in [0.5, 0.6) is 11.5 Å². The van der Waals surface area contributed by atoms with Gasteiger partial charge >= 0.3 is 0 Å². The van der Waals surface area contributed by atoms with Crippen molar-refractivity contribution in [2.24, 2.45) is 11.8 Å². The molecule has 8 heteroatoms. The van der Waals surface area contributed by atoms with E-state index in [4.69, 9.17) is 9.47 Å². The van der Waals surface area contributed by atoms with E-state index >= 15 is 0 Å². The molecular formula is C24H23N3O5.